The summed E-state index contributed by atoms with van der Waals surface area (Å²) in [6.07, 6.45) is 7.27. The zero-order valence-electron chi connectivity index (χ0n) is 10.7. The number of allylic oxidation sites excluding steroid dienone is 2. The molecule has 3 aliphatic carbocycles. The van der Waals surface area contributed by atoms with E-state index >= 15 is 0 Å². The molecule has 0 spiro atoms. The maximum atomic E-state index is 2.51. The van der Waals surface area contributed by atoms with Crippen LogP contribution < -0.4 is 0 Å². The normalized spacial score (nSPS) is 47.2. The SMILES string of the molecule is CC1=C2[C@H]3CC[C@H](C)[C@]2(CC1)CC3(C)C. The summed E-state index contributed by atoms with van der Waals surface area (Å²) in [4.78, 5) is 0. The summed E-state index contributed by atoms with van der Waals surface area (Å²) in [5.74, 6) is 1.87. The van der Waals surface area contributed by atoms with Crippen molar-refractivity contribution in [1.82, 2.24) is 0 Å². The lowest BCUT2D eigenvalue weighted by molar-refractivity contribution is 0.190. The fraction of sp³-hybridized carbons (Fsp3) is 0.867. The molecule has 0 N–H and O–H groups in total. The van der Waals surface area contributed by atoms with Crippen molar-refractivity contribution in [3.63, 3.8) is 0 Å². The van der Waals surface area contributed by atoms with Gasteiger partial charge in [0.15, 0.2) is 0 Å². The molecule has 2 fully saturated rings. The van der Waals surface area contributed by atoms with Gasteiger partial charge in [0.1, 0.15) is 0 Å². The Kier molecular flexibility index (Phi) is 1.79. The second-order valence-corrected chi connectivity index (χ2v) is 7.05. The Morgan fingerprint density at radius 2 is 1.93 bits per heavy atom. The Morgan fingerprint density at radius 3 is 2.60 bits per heavy atom. The van der Waals surface area contributed by atoms with Crippen LogP contribution in [0.4, 0.5) is 0 Å². The molecule has 15 heavy (non-hydrogen) atoms. The zero-order chi connectivity index (χ0) is 10.8. The van der Waals surface area contributed by atoms with Gasteiger partial charge in [-0.2, -0.15) is 0 Å². The fourth-order valence-electron chi connectivity index (χ4n) is 5.17. The highest BCUT2D eigenvalue weighted by Gasteiger charge is 2.59. The molecule has 2 bridgehead atoms. The summed E-state index contributed by atoms with van der Waals surface area (Å²) in [5.41, 5.74) is 4.92. The molecule has 84 valence electrons. The molecule has 0 nitrogen and oxygen atoms in total. The van der Waals surface area contributed by atoms with Crippen LogP contribution in [0, 0.1) is 22.7 Å². The first kappa shape index (κ1) is 9.93. The molecule has 0 aromatic heterocycles. The molecule has 0 heteroatoms. The van der Waals surface area contributed by atoms with Gasteiger partial charge in [-0.3, -0.25) is 0 Å². The third kappa shape index (κ3) is 1.04. The highest BCUT2D eigenvalue weighted by atomic mass is 14.6. The minimum Gasteiger partial charge on any atom is -0.0732 e. The van der Waals surface area contributed by atoms with Crippen LogP contribution in [0.1, 0.15) is 59.8 Å². The number of rotatable bonds is 0. The van der Waals surface area contributed by atoms with Crippen molar-refractivity contribution in [2.45, 2.75) is 59.8 Å². The van der Waals surface area contributed by atoms with E-state index in [1.54, 1.807) is 5.57 Å². The first-order valence-electron chi connectivity index (χ1n) is 6.67. The first-order chi connectivity index (χ1) is 6.97. The number of hydrogen-bond acceptors (Lipinski definition) is 0. The molecule has 3 aliphatic rings. The first-order valence-corrected chi connectivity index (χ1v) is 6.67. The van der Waals surface area contributed by atoms with E-state index in [1.165, 1.54) is 32.1 Å². The summed E-state index contributed by atoms with van der Waals surface area (Å²) in [7, 11) is 0. The molecular weight excluding hydrogens is 180 g/mol. The van der Waals surface area contributed by atoms with Crippen LogP contribution >= 0.6 is 0 Å². The van der Waals surface area contributed by atoms with Gasteiger partial charge >= 0.3 is 0 Å². The second kappa shape index (κ2) is 2.70. The highest BCUT2D eigenvalue weighted by molar-refractivity contribution is 5.38. The van der Waals surface area contributed by atoms with Gasteiger partial charge in [0.25, 0.3) is 0 Å². The molecule has 0 amide bonds. The average molecular weight is 204 g/mol. The number of hydrogen-bond donors (Lipinski definition) is 0. The van der Waals surface area contributed by atoms with Crippen molar-refractivity contribution in [3.8, 4) is 0 Å². The van der Waals surface area contributed by atoms with Crippen molar-refractivity contribution < 1.29 is 0 Å². The lowest BCUT2D eigenvalue weighted by atomic mass is 9.66. The molecule has 0 radical (unpaired) electrons. The summed E-state index contributed by atoms with van der Waals surface area (Å²) in [6.45, 7) is 9.94. The van der Waals surface area contributed by atoms with E-state index in [9.17, 15) is 0 Å². The molecule has 0 aromatic carbocycles. The molecule has 0 heterocycles. The molecular formula is C15H24. The van der Waals surface area contributed by atoms with Crippen molar-refractivity contribution in [2.24, 2.45) is 22.7 Å². The van der Waals surface area contributed by atoms with Crippen LogP contribution in [0.2, 0.25) is 0 Å². The second-order valence-electron chi connectivity index (χ2n) is 7.05. The van der Waals surface area contributed by atoms with Crippen LogP contribution in [0.25, 0.3) is 0 Å². The van der Waals surface area contributed by atoms with Gasteiger partial charge in [0.2, 0.25) is 0 Å². The Morgan fingerprint density at radius 1 is 1.20 bits per heavy atom. The summed E-state index contributed by atoms with van der Waals surface area (Å²) >= 11 is 0. The van der Waals surface area contributed by atoms with Crippen molar-refractivity contribution in [1.29, 1.82) is 0 Å². The topological polar surface area (TPSA) is 0 Å². The molecule has 0 unspecified atom stereocenters. The van der Waals surface area contributed by atoms with Crippen molar-refractivity contribution in [2.75, 3.05) is 0 Å². The third-order valence-corrected chi connectivity index (χ3v) is 5.84. The minimum atomic E-state index is 0.585. The molecule has 0 saturated heterocycles. The lowest BCUT2D eigenvalue weighted by Crippen LogP contribution is -2.29. The van der Waals surface area contributed by atoms with E-state index in [-0.39, 0.29) is 0 Å². The fourth-order valence-corrected chi connectivity index (χ4v) is 5.17. The van der Waals surface area contributed by atoms with E-state index in [1.807, 2.05) is 5.57 Å². The Hall–Kier alpha value is -0.260. The van der Waals surface area contributed by atoms with E-state index in [4.69, 9.17) is 0 Å². The minimum absolute atomic E-state index is 0.585. The van der Waals surface area contributed by atoms with Crippen LogP contribution in [-0.2, 0) is 0 Å². The smallest absolute Gasteiger partial charge is 0.00486 e. The Balaban J connectivity index is 2.17. The van der Waals surface area contributed by atoms with Crippen molar-refractivity contribution in [3.05, 3.63) is 11.1 Å². The van der Waals surface area contributed by atoms with E-state index < -0.39 is 0 Å². The highest BCUT2D eigenvalue weighted by Crippen LogP contribution is 2.70. The van der Waals surface area contributed by atoms with Crippen LogP contribution in [0.5, 0.6) is 0 Å². The maximum absolute atomic E-state index is 2.51. The lowest BCUT2D eigenvalue weighted by Gasteiger charge is -2.39. The van der Waals surface area contributed by atoms with Gasteiger partial charge < -0.3 is 0 Å². The zero-order valence-corrected chi connectivity index (χ0v) is 10.7. The van der Waals surface area contributed by atoms with Crippen molar-refractivity contribution >= 4 is 0 Å². The summed E-state index contributed by atoms with van der Waals surface area (Å²) in [5, 5.41) is 0. The van der Waals surface area contributed by atoms with E-state index in [2.05, 4.69) is 27.7 Å². The van der Waals surface area contributed by atoms with Crippen LogP contribution in [0.15, 0.2) is 11.1 Å². The van der Waals surface area contributed by atoms with Gasteiger partial charge in [-0.15, -0.1) is 0 Å². The van der Waals surface area contributed by atoms with Gasteiger partial charge in [0, 0.05) is 0 Å². The molecule has 3 atom stereocenters. The molecule has 3 rings (SSSR count). The predicted octanol–water partition coefficient (Wildman–Crippen LogP) is 4.56. The van der Waals surface area contributed by atoms with Gasteiger partial charge in [0.05, 0.1) is 0 Å². The van der Waals surface area contributed by atoms with E-state index in [0.717, 1.165) is 11.8 Å². The summed E-state index contributed by atoms with van der Waals surface area (Å²) in [6, 6.07) is 0. The monoisotopic (exact) mass is 204 g/mol. The summed E-state index contributed by atoms with van der Waals surface area (Å²) < 4.78 is 0. The molecule has 2 saturated carbocycles. The Bertz CT molecular complexity index is 334. The average Bonchev–Trinajstić information content (AvgIpc) is 2.54. The standard InChI is InChI=1S/C15H24/c1-10-7-8-15-9-14(3,4)12(13(10)15)6-5-11(15)2/h11-12H,5-9H2,1-4H3/t11-,12+,15-/m0/s1. The molecule has 0 aromatic rings. The predicted molar refractivity (Wildman–Crippen MR) is 64.7 cm³/mol. The third-order valence-electron chi connectivity index (χ3n) is 5.84. The molecule has 0 aliphatic heterocycles. The largest absolute Gasteiger partial charge is 0.0732 e. The van der Waals surface area contributed by atoms with Crippen LogP contribution in [0.3, 0.4) is 0 Å². The van der Waals surface area contributed by atoms with E-state index in [0.29, 0.717) is 10.8 Å². The maximum Gasteiger partial charge on any atom is -0.00486 e. The van der Waals surface area contributed by atoms with Gasteiger partial charge in [-0.25, -0.2) is 0 Å². The van der Waals surface area contributed by atoms with Gasteiger partial charge in [-0.05, 0) is 61.7 Å². The van der Waals surface area contributed by atoms with Gasteiger partial charge in [-0.1, -0.05) is 31.9 Å². The van der Waals surface area contributed by atoms with Crippen LogP contribution in [-0.4, -0.2) is 0 Å². The Labute approximate surface area is 94.1 Å². The quantitative estimate of drug-likeness (QED) is 0.507.